The molecule has 0 aliphatic heterocycles. The van der Waals surface area contributed by atoms with Crippen molar-refractivity contribution in [2.45, 2.75) is 78.7 Å². The highest BCUT2D eigenvalue weighted by Gasteiger charge is 2.54. The molecule has 0 saturated carbocycles. The maximum absolute atomic E-state index is 14.2. The van der Waals surface area contributed by atoms with Crippen molar-refractivity contribution < 1.29 is 22.8 Å². The van der Waals surface area contributed by atoms with E-state index >= 15 is 0 Å². The van der Waals surface area contributed by atoms with Gasteiger partial charge in [-0.2, -0.15) is 13.2 Å². The summed E-state index contributed by atoms with van der Waals surface area (Å²) in [6.07, 6.45) is -4.34. The van der Waals surface area contributed by atoms with E-state index in [4.69, 9.17) is 0 Å². The highest BCUT2D eigenvalue weighted by Crippen LogP contribution is 2.47. The second kappa shape index (κ2) is 13.8. The number of carbonyl (C=O) groups excluding carboxylic acids is 2. The monoisotopic (exact) mass is 535 g/mol. The minimum Gasteiger partial charge on any atom is -0.336 e. The van der Waals surface area contributed by atoms with E-state index in [1.807, 2.05) is 95.0 Å². The van der Waals surface area contributed by atoms with Gasteiger partial charge in [0.2, 0.25) is 11.8 Å². The normalized spacial score (nSPS) is 14.9. The second-order valence-corrected chi connectivity index (χ2v) is 9.18. The van der Waals surface area contributed by atoms with E-state index in [-0.39, 0.29) is 5.91 Å². The number of hydrogen-bond acceptors (Lipinski definition) is 3. The Morgan fingerprint density at radius 1 is 0.868 bits per heavy atom. The van der Waals surface area contributed by atoms with Crippen LogP contribution >= 0.6 is 0 Å². The molecular weight excluding hydrogens is 491 g/mol. The molecule has 0 aromatic heterocycles. The van der Waals surface area contributed by atoms with Crippen LogP contribution in [0.25, 0.3) is 0 Å². The summed E-state index contributed by atoms with van der Waals surface area (Å²) in [5.41, 5.74) is 1.81. The molecule has 0 bridgehead atoms. The fourth-order valence-electron chi connectivity index (χ4n) is 5.13. The molecule has 1 aliphatic carbocycles. The first-order valence-corrected chi connectivity index (χ1v) is 13.3. The summed E-state index contributed by atoms with van der Waals surface area (Å²) in [5, 5.41) is 0. The zero-order valence-electron chi connectivity index (χ0n) is 24.5. The molecule has 0 radical (unpaired) electrons. The van der Waals surface area contributed by atoms with Crippen molar-refractivity contribution in [2.75, 3.05) is 27.7 Å². The van der Waals surface area contributed by atoms with Crippen LogP contribution in [0.1, 0.15) is 70.7 Å². The van der Waals surface area contributed by atoms with Crippen molar-refractivity contribution in [3.63, 3.8) is 0 Å². The van der Waals surface area contributed by atoms with Gasteiger partial charge in [0, 0.05) is 27.1 Å². The summed E-state index contributed by atoms with van der Waals surface area (Å²) in [7, 11) is 4.67. The molecule has 0 N–H and O–H groups in total. The number of rotatable bonds is 6. The smallest absolute Gasteiger partial charge is 0.336 e. The van der Waals surface area contributed by atoms with Gasteiger partial charge in [-0.15, -0.1) is 0 Å². The number of likely N-dealkylation sites (N-methyl/N-ethyl adjacent to an activating group) is 2. The van der Waals surface area contributed by atoms with Crippen molar-refractivity contribution in [1.29, 1.82) is 0 Å². The van der Waals surface area contributed by atoms with E-state index < -0.39 is 36.3 Å². The number of benzene rings is 2. The van der Waals surface area contributed by atoms with Gasteiger partial charge < -0.3 is 9.80 Å². The maximum atomic E-state index is 14.2. The molecule has 8 heteroatoms. The van der Waals surface area contributed by atoms with E-state index in [0.29, 0.717) is 17.5 Å². The maximum Gasteiger partial charge on any atom is 0.406 e. The van der Waals surface area contributed by atoms with Gasteiger partial charge >= 0.3 is 6.18 Å². The predicted octanol–water partition coefficient (Wildman–Crippen LogP) is 6.09. The Labute approximate surface area is 226 Å². The van der Waals surface area contributed by atoms with Crippen LogP contribution in [-0.2, 0) is 21.4 Å². The van der Waals surface area contributed by atoms with Crippen LogP contribution in [0.3, 0.4) is 0 Å². The molecule has 38 heavy (non-hydrogen) atoms. The fourth-order valence-corrected chi connectivity index (χ4v) is 5.13. The van der Waals surface area contributed by atoms with Crippen molar-refractivity contribution in [2.24, 2.45) is 0 Å². The van der Waals surface area contributed by atoms with Crippen molar-refractivity contribution in [1.82, 2.24) is 14.7 Å². The topological polar surface area (TPSA) is 43.9 Å². The number of alkyl halides is 3. The summed E-state index contributed by atoms with van der Waals surface area (Å²) in [6, 6.07) is 14.3. The molecule has 212 valence electrons. The third-order valence-corrected chi connectivity index (χ3v) is 7.25. The number of halogens is 3. The standard InChI is InChI=1S/C26H32F3N3O2.2C2H6/c1-17(31(5)18(2)32(6)19(3)33)26(24(34)30(4)16-25(27,28)29)22-13-9-7-11-20(22)15-21-12-8-10-14-23(21)26;2*1-2/h7-14,17-18H,15-16H2,1-6H3;2*1-2H3. The first kappa shape index (κ1) is 33.2. The Bertz CT molecular complexity index is 1030. The molecule has 0 spiro atoms. The van der Waals surface area contributed by atoms with E-state index in [9.17, 15) is 22.8 Å². The minimum atomic E-state index is -4.53. The lowest BCUT2D eigenvalue weighted by Crippen LogP contribution is -2.62. The van der Waals surface area contributed by atoms with E-state index in [2.05, 4.69) is 0 Å². The predicted molar refractivity (Wildman–Crippen MR) is 148 cm³/mol. The Morgan fingerprint density at radius 2 is 1.29 bits per heavy atom. The molecule has 3 rings (SSSR count). The Kier molecular flexibility index (Phi) is 12.0. The number of nitrogens with zero attached hydrogens (tertiary/aromatic N) is 3. The fraction of sp³-hybridized carbons (Fsp3) is 0.533. The third-order valence-electron chi connectivity index (χ3n) is 7.25. The van der Waals surface area contributed by atoms with Crippen LogP contribution < -0.4 is 0 Å². The van der Waals surface area contributed by atoms with E-state index in [0.717, 1.165) is 16.0 Å². The summed E-state index contributed by atoms with van der Waals surface area (Å²) in [4.78, 5) is 30.5. The van der Waals surface area contributed by atoms with Gasteiger partial charge in [-0.3, -0.25) is 14.5 Å². The molecule has 1 aliphatic rings. The highest BCUT2D eigenvalue weighted by atomic mass is 19.4. The average molecular weight is 536 g/mol. The molecular formula is C30H44F3N3O2. The molecule has 2 amide bonds. The zero-order valence-corrected chi connectivity index (χ0v) is 24.5. The van der Waals surface area contributed by atoms with Crippen LogP contribution in [0, 0.1) is 0 Å². The largest absolute Gasteiger partial charge is 0.406 e. The summed E-state index contributed by atoms with van der Waals surface area (Å²) in [6.45, 7) is 11.8. The van der Waals surface area contributed by atoms with Crippen LogP contribution in [0.4, 0.5) is 13.2 Å². The highest BCUT2D eigenvalue weighted by molar-refractivity contribution is 5.95. The van der Waals surface area contributed by atoms with Gasteiger partial charge in [-0.25, -0.2) is 0 Å². The molecule has 2 aromatic carbocycles. The van der Waals surface area contributed by atoms with Crippen LogP contribution in [0.5, 0.6) is 0 Å². The lowest BCUT2D eigenvalue weighted by molar-refractivity contribution is -0.163. The molecule has 2 aromatic rings. The van der Waals surface area contributed by atoms with Crippen molar-refractivity contribution >= 4 is 11.8 Å². The molecule has 2 unspecified atom stereocenters. The van der Waals surface area contributed by atoms with Gasteiger partial charge in [0.15, 0.2) is 0 Å². The molecule has 0 fully saturated rings. The quantitative estimate of drug-likeness (QED) is 0.420. The molecule has 2 atom stereocenters. The van der Waals surface area contributed by atoms with Crippen LogP contribution in [0.2, 0.25) is 0 Å². The van der Waals surface area contributed by atoms with Gasteiger partial charge in [-0.1, -0.05) is 76.2 Å². The molecule has 0 saturated heterocycles. The van der Waals surface area contributed by atoms with Crippen molar-refractivity contribution in [3.05, 3.63) is 70.8 Å². The van der Waals surface area contributed by atoms with Crippen molar-refractivity contribution in [3.8, 4) is 0 Å². The molecule has 5 nitrogen and oxygen atoms in total. The first-order chi connectivity index (χ1) is 17.8. The van der Waals surface area contributed by atoms with E-state index in [1.165, 1.54) is 14.0 Å². The van der Waals surface area contributed by atoms with Gasteiger partial charge in [0.1, 0.15) is 12.0 Å². The third kappa shape index (κ3) is 6.57. The van der Waals surface area contributed by atoms with Gasteiger partial charge in [-0.05, 0) is 49.6 Å². The lowest BCUT2D eigenvalue weighted by Gasteiger charge is -2.50. The number of fused-ring (bicyclic) bond motifs is 2. The van der Waals surface area contributed by atoms with Crippen LogP contribution in [-0.4, -0.2) is 72.6 Å². The van der Waals surface area contributed by atoms with E-state index in [1.54, 1.807) is 19.0 Å². The summed E-state index contributed by atoms with van der Waals surface area (Å²) < 4.78 is 40.2. The van der Waals surface area contributed by atoms with Gasteiger partial charge in [0.05, 0.1) is 6.17 Å². The lowest BCUT2D eigenvalue weighted by atomic mass is 9.61. The Morgan fingerprint density at radius 3 is 1.68 bits per heavy atom. The number of hydrogen-bond donors (Lipinski definition) is 0. The van der Waals surface area contributed by atoms with Crippen LogP contribution in [0.15, 0.2) is 48.5 Å². The Hall–Kier alpha value is -2.87. The van der Waals surface area contributed by atoms with Gasteiger partial charge in [0.25, 0.3) is 0 Å². The average Bonchev–Trinajstić information content (AvgIpc) is 2.90. The number of carbonyl (C=O) groups is 2. The molecule has 0 heterocycles. The minimum absolute atomic E-state index is 0.148. The Balaban J connectivity index is 0.00000172. The zero-order chi connectivity index (χ0) is 29.4. The SMILES string of the molecule is CC.CC.CC(=O)N(C)C(C)N(C)C(C)C1(C(=O)N(C)CC(F)(F)F)c2ccccc2Cc2ccccc21. The second-order valence-electron chi connectivity index (χ2n) is 9.18. The summed E-state index contributed by atoms with van der Waals surface area (Å²) in [5.74, 6) is -0.771. The summed E-state index contributed by atoms with van der Waals surface area (Å²) >= 11 is 0. The number of amides is 2. The first-order valence-electron chi connectivity index (χ1n) is 13.3.